The molecule has 7 heteroatoms. The molecule has 5 nitrogen and oxygen atoms in total. The quantitative estimate of drug-likeness (QED) is 0.718. The summed E-state index contributed by atoms with van der Waals surface area (Å²) >= 11 is 0. The van der Waals surface area contributed by atoms with Gasteiger partial charge in [0.1, 0.15) is 0 Å². The predicted molar refractivity (Wildman–Crippen MR) is 77.8 cm³/mol. The third-order valence-electron chi connectivity index (χ3n) is 2.67. The Morgan fingerprint density at radius 1 is 1.37 bits per heavy atom. The Balaban J connectivity index is 2.74. The number of hydrogen-bond acceptors (Lipinski definition) is 4. The van der Waals surface area contributed by atoms with Gasteiger partial charge in [0.25, 0.3) is 0 Å². The highest BCUT2D eigenvalue weighted by atomic mass is 32.2. The Hall–Kier alpha value is -0.760. The van der Waals surface area contributed by atoms with E-state index in [1.165, 1.54) is 0 Å². The van der Waals surface area contributed by atoms with Gasteiger partial charge in [-0.1, -0.05) is 12.1 Å². The molecule has 1 unspecified atom stereocenters. The number of nitrogens with two attached hydrogens (primary N) is 1. The lowest BCUT2D eigenvalue weighted by Crippen LogP contribution is -2.26. The molecule has 0 radical (unpaired) electrons. The highest BCUT2D eigenvalue weighted by molar-refractivity contribution is 7.89. The fourth-order valence-electron chi connectivity index (χ4n) is 1.70. The second kappa shape index (κ2) is 7.14. The molecule has 0 saturated carbocycles. The molecule has 19 heavy (non-hydrogen) atoms. The Kier molecular flexibility index (Phi) is 6.12. The van der Waals surface area contributed by atoms with Crippen LogP contribution in [0.1, 0.15) is 17.5 Å². The van der Waals surface area contributed by atoms with Crippen molar-refractivity contribution in [2.24, 2.45) is 5.73 Å². The largest absolute Gasteiger partial charge is 0.326 e. The summed E-state index contributed by atoms with van der Waals surface area (Å²) in [6.07, 6.45) is 2.16. The van der Waals surface area contributed by atoms with Crippen molar-refractivity contribution in [1.82, 2.24) is 4.72 Å². The van der Waals surface area contributed by atoms with Crippen LogP contribution in [0.4, 0.5) is 0 Å². The van der Waals surface area contributed by atoms with Crippen LogP contribution in [0.25, 0.3) is 0 Å². The lowest BCUT2D eigenvalue weighted by molar-refractivity contribution is 0.580. The fraction of sp³-hybridized carbons (Fsp3) is 0.500. The van der Waals surface area contributed by atoms with Crippen LogP contribution in [0.3, 0.4) is 0 Å². The molecule has 0 aliphatic carbocycles. The number of hydrogen-bond donors (Lipinski definition) is 2. The average molecular weight is 304 g/mol. The normalized spacial score (nSPS) is 13.4. The Bertz CT molecular complexity index is 556. The minimum atomic E-state index is -3.50. The van der Waals surface area contributed by atoms with Gasteiger partial charge < -0.3 is 5.73 Å². The van der Waals surface area contributed by atoms with Gasteiger partial charge in [0.15, 0.2) is 0 Å². The van der Waals surface area contributed by atoms with Crippen molar-refractivity contribution < 1.29 is 12.6 Å². The highest BCUT2D eigenvalue weighted by Gasteiger charge is 2.16. The zero-order valence-corrected chi connectivity index (χ0v) is 12.8. The molecule has 0 heterocycles. The number of rotatable bonds is 7. The number of nitrogens with one attached hydrogen (secondary N) is 1. The minimum absolute atomic E-state index is 0.266. The Labute approximate surface area is 117 Å². The van der Waals surface area contributed by atoms with E-state index in [0.29, 0.717) is 30.8 Å². The van der Waals surface area contributed by atoms with Crippen LogP contribution in [-0.4, -0.2) is 31.2 Å². The molecule has 1 aromatic rings. The van der Waals surface area contributed by atoms with Crippen molar-refractivity contribution in [3.63, 3.8) is 0 Å². The van der Waals surface area contributed by atoms with Crippen molar-refractivity contribution in [3.05, 3.63) is 29.3 Å². The maximum absolute atomic E-state index is 12.1. The number of aryl methyl sites for hydroxylation is 1. The van der Waals surface area contributed by atoms with Crippen LogP contribution >= 0.6 is 0 Å². The smallest absolute Gasteiger partial charge is 0.240 e. The van der Waals surface area contributed by atoms with Gasteiger partial charge in [-0.2, -0.15) is 0 Å². The highest BCUT2D eigenvalue weighted by Crippen LogP contribution is 2.16. The van der Waals surface area contributed by atoms with Gasteiger partial charge in [0.2, 0.25) is 10.0 Å². The van der Waals surface area contributed by atoms with Crippen LogP contribution in [0, 0.1) is 6.92 Å². The van der Waals surface area contributed by atoms with Gasteiger partial charge in [-0.15, -0.1) is 0 Å². The van der Waals surface area contributed by atoms with Gasteiger partial charge in [-0.25, -0.2) is 13.1 Å². The van der Waals surface area contributed by atoms with Gasteiger partial charge in [0.05, 0.1) is 4.90 Å². The van der Waals surface area contributed by atoms with Gasteiger partial charge >= 0.3 is 0 Å². The van der Waals surface area contributed by atoms with Crippen molar-refractivity contribution in [2.75, 3.05) is 18.6 Å². The molecule has 0 aliphatic heterocycles. The lowest BCUT2D eigenvalue weighted by Gasteiger charge is -2.10. The number of benzene rings is 1. The summed E-state index contributed by atoms with van der Waals surface area (Å²) in [6.45, 7) is 2.42. The van der Waals surface area contributed by atoms with Gasteiger partial charge in [-0.3, -0.25) is 4.21 Å². The zero-order chi connectivity index (χ0) is 14.5. The van der Waals surface area contributed by atoms with Crippen LogP contribution < -0.4 is 10.5 Å². The van der Waals surface area contributed by atoms with E-state index in [2.05, 4.69) is 4.72 Å². The van der Waals surface area contributed by atoms with E-state index in [-0.39, 0.29) is 4.90 Å². The first-order chi connectivity index (χ1) is 8.86. The molecule has 0 saturated heterocycles. The molecule has 0 spiro atoms. The summed E-state index contributed by atoms with van der Waals surface area (Å²) in [5.74, 6) is 0.494. The van der Waals surface area contributed by atoms with E-state index in [9.17, 15) is 12.6 Å². The molecule has 108 valence electrons. The molecule has 1 aromatic carbocycles. The fourth-order valence-corrected chi connectivity index (χ4v) is 3.55. The second-order valence-corrected chi connectivity index (χ2v) is 7.62. The summed E-state index contributed by atoms with van der Waals surface area (Å²) in [4.78, 5) is 0.266. The molecule has 3 N–H and O–H groups in total. The average Bonchev–Trinajstić information content (AvgIpc) is 2.34. The van der Waals surface area contributed by atoms with E-state index in [1.807, 2.05) is 0 Å². The molecule has 1 rings (SSSR count). The van der Waals surface area contributed by atoms with Crippen LogP contribution in [-0.2, 0) is 27.4 Å². The van der Waals surface area contributed by atoms with E-state index in [1.54, 1.807) is 31.4 Å². The summed E-state index contributed by atoms with van der Waals surface area (Å²) < 4.78 is 37.6. The first kappa shape index (κ1) is 16.3. The standard InChI is InChI=1S/C12H20N2O3S2/c1-10-8-11(9-13)4-5-12(10)19(16,17)14-6-3-7-18(2)15/h4-5,8,14H,3,6-7,9,13H2,1-2H3. The third kappa shape index (κ3) is 5.02. The maximum atomic E-state index is 12.1. The lowest BCUT2D eigenvalue weighted by atomic mass is 10.1. The summed E-state index contributed by atoms with van der Waals surface area (Å²) in [5.41, 5.74) is 7.09. The zero-order valence-electron chi connectivity index (χ0n) is 11.2. The molecule has 0 amide bonds. The molecule has 1 atom stereocenters. The van der Waals surface area contributed by atoms with E-state index in [0.717, 1.165) is 5.56 Å². The first-order valence-electron chi connectivity index (χ1n) is 5.96. The topological polar surface area (TPSA) is 89.3 Å². The molecular weight excluding hydrogens is 284 g/mol. The molecule has 0 aromatic heterocycles. The van der Waals surface area contributed by atoms with Crippen molar-refractivity contribution in [3.8, 4) is 0 Å². The molecule has 0 bridgehead atoms. The number of sulfonamides is 1. The molecule has 0 fully saturated rings. The second-order valence-electron chi connectivity index (χ2n) is 4.33. The Morgan fingerprint density at radius 3 is 2.58 bits per heavy atom. The summed E-state index contributed by atoms with van der Waals surface area (Å²) in [7, 11) is -4.40. The monoisotopic (exact) mass is 304 g/mol. The van der Waals surface area contributed by atoms with E-state index >= 15 is 0 Å². The van der Waals surface area contributed by atoms with E-state index < -0.39 is 20.8 Å². The Morgan fingerprint density at radius 2 is 2.05 bits per heavy atom. The first-order valence-corrected chi connectivity index (χ1v) is 9.17. The van der Waals surface area contributed by atoms with Crippen LogP contribution in [0.15, 0.2) is 23.1 Å². The third-order valence-corrected chi connectivity index (χ3v) is 5.15. The summed E-state index contributed by atoms with van der Waals surface area (Å²) in [6, 6.07) is 5.05. The van der Waals surface area contributed by atoms with Crippen molar-refractivity contribution in [2.45, 2.75) is 24.8 Å². The van der Waals surface area contributed by atoms with E-state index in [4.69, 9.17) is 5.73 Å². The minimum Gasteiger partial charge on any atom is -0.326 e. The van der Waals surface area contributed by atoms with Crippen LogP contribution in [0.5, 0.6) is 0 Å². The van der Waals surface area contributed by atoms with Gasteiger partial charge in [-0.05, 0) is 30.5 Å². The van der Waals surface area contributed by atoms with Crippen molar-refractivity contribution in [1.29, 1.82) is 0 Å². The molecular formula is C12H20N2O3S2. The van der Waals surface area contributed by atoms with Crippen LogP contribution in [0.2, 0.25) is 0 Å². The van der Waals surface area contributed by atoms with Crippen molar-refractivity contribution >= 4 is 20.8 Å². The van der Waals surface area contributed by atoms with Gasteiger partial charge in [0, 0.05) is 35.9 Å². The predicted octanol–water partition coefficient (Wildman–Crippen LogP) is 0.501. The summed E-state index contributed by atoms with van der Waals surface area (Å²) in [5, 5.41) is 0. The molecule has 0 aliphatic rings. The SMILES string of the molecule is Cc1cc(CN)ccc1S(=O)(=O)NCCCS(C)=O. The maximum Gasteiger partial charge on any atom is 0.240 e.